The number of allylic oxidation sites excluding steroid dienone is 1. The number of rotatable bonds is 5. The fourth-order valence-electron chi connectivity index (χ4n) is 2.30. The van der Waals surface area contributed by atoms with Crippen LogP contribution in [0.25, 0.3) is 6.08 Å². The van der Waals surface area contributed by atoms with Gasteiger partial charge < -0.3 is 14.8 Å². The van der Waals surface area contributed by atoms with E-state index in [1.54, 1.807) is 39.2 Å². The second kappa shape index (κ2) is 6.30. The van der Waals surface area contributed by atoms with Crippen LogP contribution in [0.15, 0.2) is 30.3 Å². The Balaban J connectivity index is 2.25. The Morgan fingerprint density at radius 2 is 1.82 bits per heavy atom. The van der Waals surface area contributed by atoms with Crippen LogP contribution in [0.3, 0.4) is 0 Å². The zero-order valence-electron chi connectivity index (χ0n) is 12.6. The van der Waals surface area contributed by atoms with Gasteiger partial charge in [-0.25, -0.2) is 4.79 Å². The van der Waals surface area contributed by atoms with E-state index in [4.69, 9.17) is 9.84 Å². The van der Waals surface area contributed by atoms with Crippen molar-refractivity contribution in [2.45, 2.75) is 13.8 Å². The van der Waals surface area contributed by atoms with Crippen molar-refractivity contribution in [2.24, 2.45) is 0 Å². The summed E-state index contributed by atoms with van der Waals surface area (Å²) in [5, 5.41) is 9.07. The number of carboxylic acid groups (broad SMARTS) is 1. The van der Waals surface area contributed by atoms with Crippen molar-refractivity contribution in [3.05, 3.63) is 58.4 Å². The molecular weight excluding hydrogens is 282 g/mol. The van der Waals surface area contributed by atoms with E-state index in [1.807, 2.05) is 12.1 Å². The molecule has 2 aromatic rings. The Bertz CT molecular complexity index is 739. The molecule has 0 saturated heterocycles. The molecule has 0 bridgehead atoms. The van der Waals surface area contributed by atoms with E-state index in [9.17, 15) is 9.59 Å². The summed E-state index contributed by atoms with van der Waals surface area (Å²) < 4.78 is 5.07. The van der Waals surface area contributed by atoms with Gasteiger partial charge in [0.2, 0.25) is 0 Å². The lowest BCUT2D eigenvalue weighted by Gasteiger charge is -2.00. The molecule has 2 rings (SSSR count). The smallest absolute Gasteiger partial charge is 0.352 e. The van der Waals surface area contributed by atoms with Crippen LogP contribution in [0.5, 0.6) is 5.75 Å². The summed E-state index contributed by atoms with van der Waals surface area (Å²) in [6, 6.07) is 7.28. The third-order valence-electron chi connectivity index (χ3n) is 3.44. The van der Waals surface area contributed by atoms with Gasteiger partial charge in [-0.3, -0.25) is 4.79 Å². The molecule has 0 aliphatic rings. The van der Waals surface area contributed by atoms with Crippen molar-refractivity contribution < 1.29 is 19.4 Å². The number of benzene rings is 1. The molecule has 0 unspecified atom stereocenters. The third kappa shape index (κ3) is 3.09. The van der Waals surface area contributed by atoms with Crippen LogP contribution >= 0.6 is 0 Å². The molecule has 0 radical (unpaired) electrons. The van der Waals surface area contributed by atoms with Crippen LogP contribution in [-0.4, -0.2) is 29.0 Å². The monoisotopic (exact) mass is 299 g/mol. The van der Waals surface area contributed by atoms with Crippen molar-refractivity contribution in [1.29, 1.82) is 0 Å². The number of H-pyrrole nitrogens is 1. The van der Waals surface area contributed by atoms with E-state index < -0.39 is 5.97 Å². The second-order valence-corrected chi connectivity index (χ2v) is 4.90. The first-order valence-electron chi connectivity index (χ1n) is 6.73. The van der Waals surface area contributed by atoms with Gasteiger partial charge in [-0.05, 0) is 43.2 Å². The number of ketones is 1. The molecule has 114 valence electrons. The number of nitrogens with one attached hydrogen (secondary N) is 1. The highest BCUT2D eigenvalue weighted by Crippen LogP contribution is 2.20. The average Bonchev–Trinajstić information content (AvgIpc) is 2.80. The van der Waals surface area contributed by atoms with Gasteiger partial charge in [-0.2, -0.15) is 0 Å². The summed E-state index contributed by atoms with van der Waals surface area (Å²) >= 11 is 0. The Morgan fingerprint density at radius 1 is 1.18 bits per heavy atom. The van der Waals surface area contributed by atoms with Crippen LogP contribution in [0, 0.1) is 13.8 Å². The standard InChI is InChI=1S/C17H17NO4/c1-10-15(11(2)18-16(10)17(20)21)14(19)9-6-12-4-7-13(22-3)8-5-12/h4-9,18H,1-3H3,(H,20,21)/b9-6+. The minimum absolute atomic E-state index is 0.0543. The lowest BCUT2D eigenvalue weighted by Crippen LogP contribution is -2.01. The highest BCUT2D eigenvalue weighted by atomic mass is 16.5. The number of aromatic nitrogens is 1. The zero-order valence-corrected chi connectivity index (χ0v) is 12.6. The molecule has 0 aliphatic heterocycles. The summed E-state index contributed by atoms with van der Waals surface area (Å²) in [6.45, 7) is 3.31. The summed E-state index contributed by atoms with van der Waals surface area (Å²) in [6.07, 6.45) is 3.13. The highest BCUT2D eigenvalue weighted by molar-refractivity contribution is 6.10. The van der Waals surface area contributed by atoms with Crippen molar-refractivity contribution >= 4 is 17.8 Å². The molecule has 5 nitrogen and oxygen atoms in total. The van der Waals surface area contributed by atoms with Crippen molar-refractivity contribution in [3.8, 4) is 5.75 Å². The Labute approximate surface area is 128 Å². The normalized spacial score (nSPS) is 10.9. The van der Waals surface area contributed by atoms with E-state index in [0.717, 1.165) is 11.3 Å². The number of ether oxygens (including phenoxy) is 1. The summed E-state index contributed by atoms with van der Waals surface area (Å²) in [7, 11) is 1.59. The SMILES string of the molecule is COc1ccc(/C=C/C(=O)c2c(C)[nH]c(C(=O)O)c2C)cc1. The number of aryl methyl sites for hydroxylation is 1. The van der Waals surface area contributed by atoms with Gasteiger partial charge >= 0.3 is 5.97 Å². The fourth-order valence-corrected chi connectivity index (χ4v) is 2.30. The van der Waals surface area contributed by atoms with Crippen LogP contribution < -0.4 is 4.74 Å². The number of carboxylic acids is 1. The van der Waals surface area contributed by atoms with Crippen molar-refractivity contribution in [2.75, 3.05) is 7.11 Å². The molecule has 0 spiro atoms. The maximum absolute atomic E-state index is 12.3. The number of carbonyl (C=O) groups excluding carboxylic acids is 1. The molecule has 0 aliphatic carbocycles. The lowest BCUT2D eigenvalue weighted by molar-refractivity contribution is 0.0690. The molecular formula is C17H17NO4. The van der Waals surface area contributed by atoms with Crippen LogP contribution in [0.1, 0.15) is 37.7 Å². The molecule has 1 aromatic carbocycles. The number of methoxy groups -OCH3 is 1. The van der Waals surface area contributed by atoms with Gasteiger partial charge in [0.25, 0.3) is 0 Å². The summed E-state index contributed by atoms with van der Waals surface area (Å²) in [4.78, 5) is 26.1. The van der Waals surface area contributed by atoms with Gasteiger partial charge in [0.05, 0.1) is 7.11 Å². The topological polar surface area (TPSA) is 79.4 Å². The Morgan fingerprint density at radius 3 is 2.32 bits per heavy atom. The molecule has 1 heterocycles. The predicted molar refractivity (Wildman–Crippen MR) is 83.6 cm³/mol. The largest absolute Gasteiger partial charge is 0.497 e. The number of aromatic amines is 1. The van der Waals surface area contributed by atoms with Gasteiger partial charge in [0.1, 0.15) is 11.4 Å². The van der Waals surface area contributed by atoms with Crippen LogP contribution in [-0.2, 0) is 0 Å². The van der Waals surface area contributed by atoms with Crippen molar-refractivity contribution in [3.63, 3.8) is 0 Å². The summed E-state index contributed by atoms with van der Waals surface area (Å²) in [5.74, 6) is -0.555. The quantitative estimate of drug-likeness (QED) is 0.656. The van der Waals surface area contributed by atoms with Gasteiger partial charge in [-0.15, -0.1) is 0 Å². The van der Waals surface area contributed by atoms with E-state index in [0.29, 0.717) is 16.8 Å². The average molecular weight is 299 g/mol. The maximum atomic E-state index is 12.3. The molecule has 2 N–H and O–H groups in total. The molecule has 0 saturated carbocycles. The van der Waals surface area contributed by atoms with Gasteiger partial charge in [0, 0.05) is 11.3 Å². The van der Waals surface area contributed by atoms with E-state index in [-0.39, 0.29) is 11.5 Å². The molecule has 5 heteroatoms. The first kappa shape index (κ1) is 15.6. The molecule has 1 aromatic heterocycles. The number of aromatic carboxylic acids is 1. The van der Waals surface area contributed by atoms with Gasteiger partial charge in [0.15, 0.2) is 5.78 Å². The van der Waals surface area contributed by atoms with E-state index >= 15 is 0 Å². The van der Waals surface area contributed by atoms with E-state index in [1.165, 1.54) is 6.08 Å². The number of hydrogen-bond acceptors (Lipinski definition) is 3. The predicted octanol–water partition coefficient (Wildman–Crippen LogP) is 3.23. The minimum Gasteiger partial charge on any atom is -0.497 e. The highest BCUT2D eigenvalue weighted by Gasteiger charge is 2.19. The van der Waals surface area contributed by atoms with E-state index in [2.05, 4.69) is 4.98 Å². The first-order valence-corrected chi connectivity index (χ1v) is 6.73. The summed E-state index contributed by atoms with van der Waals surface area (Å²) in [5.41, 5.74) is 2.33. The van der Waals surface area contributed by atoms with Crippen molar-refractivity contribution in [1.82, 2.24) is 4.98 Å². The molecule has 0 atom stereocenters. The van der Waals surface area contributed by atoms with Gasteiger partial charge in [-0.1, -0.05) is 18.2 Å². The third-order valence-corrected chi connectivity index (χ3v) is 3.44. The molecule has 0 amide bonds. The molecule has 22 heavy (non-hydrogen) atoms. The number of carbonyl (C=O) groups is 2. The first-order chi connectivity index (χ1) is 10.4. The number of hydrogen-bond donors (Lipinski definition) is 2. The zero-order chi connectivity index (χ0) is 16.3. The van der Waals surface area contributed by atoms with Crippen LogP contribution in [0.2, 0.25) is 0 Å². The second-order valence-electron chi connectivity index (χ2n) is 4.90. The van der Waals surface area contributed by atoms with Crippen LogP contribution in [0.4, 0.5) is 0 Å². The minimum atomic E-state index is -1.07. The lowest BCUT2D eigenvalue weighted by atomic mass is 10.0. The molecule has 0 fully saturated rings. The Hall–Kier alpha value is -2.82. The fraction of sp³-hybridized carbons (Fsp3) is 0.176. The Kier molecular flexibility index (Phi) is 4.46. The maximum Gasteiger partial charge on any atom is 0.352 e.